The van der Waals surface area contributed by atoms with Crippen LogP contribution in [-0.2, 0) is 9.47 Å². The molecule has 158 valence electrons. The van der Waals surface area contributed by atoms with Crippen LogP contribution in [0.1, 0.15) is 98.3 Å². The molecule has 0 radical (unpaired) electrons. The summed E-state index contributed by atoms with van der Waals surface area (Å²) in [6.45, 7) is 2.99. The Labute approximate surface area is 174 Å². The van der Waals surface area contributed by atoms with E-state index in [0.717, 1.165) is 50.8 Å². The lowest BCUT2D eigenvalue weighted by Gasteiger charge is -2.07. The number of rotatable bonds is 16. The third kappa shape index (κ3) is 11.3. The zero-order valence-corrected chi connectivity index (χ0v) is 18.0. The summed E-state index contributed by atoms with van der Waals surface area (Å²) in [4.78, 5) is 24.3. The van der Waals surface area contributed by atoms with Gasteiger partial charge in [-0.15, -0.1) is 11.6 Å². The summed E-state index contributed by atoms with van der Waals surface area (Å²) >= 11 is 5.65. The standard InChI is InChI=1S/C23H35ClO4/c1-2-3-4-8-11-17-27-22(25)20-14-13-15-21(19-20)23(26)28-18-12-9-6-5-7-10-16-24/h13-15,19H,2-12,16-18H2,1H3. The highest BCUT2D eigenvalue weighted by molar-refractivity contribution is 6.17. The van der Waals surface area contributed by atoms with E-state index < -0.39 is 5.97 Å². The molecule has 0 atom stereocenters. The van der Waals surface area contributed by atoms with Gasteiger partial charge in [-0.2, -0.15) is 0 Å². The summed E-state index contributed by atoms with van der Waals surface area (Å²) in [5.74, 6) is -0.0538. The Morgan fingerprint density at radius 2 is 1.21 bits per heavy atom. The molecular formula is C23H35ClO4. The van der Waals surface area contributed by atoms with Crippen molar-refractivity contribution in [3.8, 4) is 0 Å². The molecule has 0 N–H and O–H groups in total. The first-order valence-corrected chi connectivity index (χ1v) is 11.2. The first kappa shape index (κ1) is 24.5. The summed E-state index contributed by atoms with van der Waals surface area (Å²) in [7, 11) is 0. The molecule has 0 saturated heterocycles. The number of esters is 2. The molecular weight excluding hydrogens is 376 g/mol. The largest absolute Gasteiger partial charge is 0.462 e. The van der Waals surface area contributed by atoms with Crippen molar-refractivity contribution >= 4 is 23.5 Å². The normalized spacial score (nSPS) is 10.6. The minimum atomic E-state index is -0.392. The highest BCUT2D eigenvalue weighted by Crippen LogP contribution is 2.11. The van der Waals surface area contributed by atoms with Crippen LogP contribution in [0.4, 0.5) is 0 Å². The molecule has 1 rings (SSSR count). The van der Waals surface area contributed by atoms with E-state index in [1.54, 1.807) is 24.3 Å². The van der Waals surface area contributed by atoms with Gasteiger partial charge in [0.1, 0.15) is 0 Å². The Balaban J connectivity index is 2.27. The van der Waals surface area contributed by atoms with Crippen LogP contribution in [0.5, 0.6) is 0 Å². The van der Waals surface area contributed by atoms with Gasteiger partial charge in [-0.1, -0.05) is 64.4 Å². The zero-order chi connectivity index (χ0) is 20.5. The maximum atomic E-state index is 12.2. The van der Waals surface area contributed by atoms with Crippen LogP contribution in [0.3, 0.4) is 0 Å². The number of alkyl halides is 1. The Kier molecular flexibility index (Phi) is 14.4. The Hall–Kier alpha value is -1.55. The number of hydrogen-bond acceptors (Lipinski definition) is 4. The molecule has 0 bridgehead atoms. The molecule has 1 aromatic rings. The van der Waals surface area contributed by atoms with Gasteiger partial charge >= 0.3 is 11.9 Å². The lowest BCUT2D eigenvalue weighted by Crippen LogP contribution is -2.10. The second kappa shape index (κ2) is 16.4. The Morgan fingerprint density at radius 3 is 1.71 bits per heavy atom. The number of unbranched alkanes of at least 4 members (excludes halogenated alkanes) is 9. The molecule has 0 fully saturated rings. The third-order valence-corrected chi connectivity index (χ3v) is 4.84. The fourth-order valence-corrected chi connectivity index (χ4v) is 3.07. The fourth-order valence-electron chi connectivity index (χ4n) is 2.88. The molecule has 0 saturated carbocycles. The van der Waals surface area contributed by atoms with E-state index >= 15 is 0 Å². The highest BCUT2D eigenvalue weighted by Gasteiger charge is 2.12. The van der Waals surface area contributed by atoms with Gasteiger partial charge in [0.05, 0.1) is 24.3 Å². The minimum Gasteiger partial charge on any atom is -0.462 e. The first-order valence-electron chi connectivity index (χ1n) is 10.7. The monoisotopic (exact) mass is 410 g/mol. The second-order valence-electron chi connectivity index (χ2n) is 7.08. The van der Waals surface area contributed by atoms with Gasteiger partial charge in [-0.3, -0.25) is 0 Å². The van der Waals surface area contributed by atoms with E-state index in [-0.39, 0.29) is 5.97 Å². The van der Waals surface area contributed by atoms with Gasteiger partial charge in [0.2, 0.25) is 0 Å². The van der Waals surface area contributed by atoms with Crippen molar-refractivity contribution < 1.29 is 19.1 Å². The van der Waals surface area contributed by atoms with Gasteiger partial charge in [-0.25, -0.2) is 9.59 Å². The van der Waals surface area contributed by atoms with Crippen LogP contribution < -0.4 is 0 Å². The van der Waals surface area contributed by atoms with E-state index in [1.165, 1.54) is 25.7 Å². The first-order chi connectivity index (χ1) is 13.7. The smallest absolute Gasteiger partial charge is 0.338 e. The van der Waals surface area contributed by atoms with Crippen LogP contribution in [0, 0.1) is 0 Å². The quantitative estimate of drug-likeness (QED) is 0.176. The van der Waals surface area contributed by atoms with Crippen LogP contribution in [0.15, 0.2) is 24.3 Å². The number of carbonyl (C=O) groups is 2. The zero-order valence-electron chi connectivity index (χ0n) is 17.2. The van der Waals surface area contributed by atoms with Crippen molar-refractivity contribution in [3.05, 3.63) is 35.4 Å². The Morgan fingerprint density at radius 1 is 0.750 bits per heavy atom. The van der Waals surface area contributed by atoms with Crippen molar-refractivity contribution in [1.29, 1.82) is 0 Å². The average Bonchev–Trinajstić information content (AvgIpc) is 2.72. The maximum absolute atomic E-state index is 12.2. The van der Waals surface area contributed by atoms with Gasteiger partial charge < -0.3 is 9.47 Å². The van der Waals surface area contributed by atoms with E-state index in [1.807, 2.05) is 0 Å². The van der Waals surface area contributed by atoms with Crippen LogP contribution >= 0.6 is 11.6 Å². The predicted octanol–water partition coefficient (Wildman–Crippen LogP) is 6.55. The molecule has 4 nitrogen and oxygen atoms in total. The summed E-state index contributed by atoms with van der Waals surface area (Å²) < 4.78 is 10.6. The summed E-state index contributed by atoms with van der Waals surface area (Å²) in [5, 5.41) is 0. The van der Waals surface area contributed by atoms with Gasteiger partial charge in [0, 0.05) is 5.88 Å². The van der Waals surface area contributed by atoms with Crippen molar-refractivity contribution in [2.45, 2.75) is 77.6 Å². The number of carbonyl (C=O) groups excluding carboxylic acids is 2. The van der Waals surface area contributed by atoms with Crippen LogP contribution in [-0.4, -0.2) is 31.0 Å². The second-order valence-corrected chi connectivity index (χ2v) is 7.46. The number of halogens is 1. The number of ether oxygens (including phenoxy) is 2. The predicted molar refractivity (Wildman–Crippen MR) is 114 cm³/mol. The number of benzene rings is 1. The lowest BCUT2D eigenvalue weighted by molar-refractivity contribution is 0.0496. The van der Waals surface area contributed by atoms with E-state index in [4.69, 9.17) is 21.1 Å². The molecule has 5 heteroatoms. The molecule has 0 aromatic heterocycles. The molecule has 0 aliphatic heterocycles. The van der Waals surface area contributed by atoms with Crippen LogP contribution in [0.2, 0.25) is 0 Å². The highest BCUT2D eigenvalue weighted by atomic mass is 35.5. The molecule has 0 aliphatic rings. The van der Waals surface area contributed by atoms with Crippen molar-refractivity contribution in [2.24, 2.45) is 0 Å². The van der Waals surface area contributed by atoms with E-state index in [9.17, 15) is 9.59 Å². The average molecular weight is 411 g/mol. The number of hydrogen-bond donors (Lipinski definition) is 0. The van der Waals surface area contributed by atoms with Crippen molar-refractivity contribution in [3.63, 3.8) is 0 Å². The topological polar surface area (TPSA) is 52.6 Å². The summed E-state index contributed by atoms with van der Waals surface area (Å²) in [6.07, 6.45) is 11.9. The fraction of sp³-hybridized carbons (Fsp3) is 0.652. The maximum Gasteiger partial charge on any atom is 0.338 e. The summed E-state index contributed by atoms with van der Waals surface area (Å²) in [6, 6.07) is 6.56. The molecule has 0 heterocycles. The Bertz CT molecular complexity index is 559. The van der Waals surface area contributed by atoms with Gasteiger partial charge in [0.15, 0.2) is 0 Å². The molecule has 0 spiro atoms. The van der Waals surface area contributed by atoms with E-state index in [0.29, 0.717) is 24.3 Å². The van der Waals surface area contributed by atoms with Gasteiger partial charge in [-0.05, 0) is 37.5 Å². The van der Waals surface area contributed by atoms with Gasteiger partial charge in [0.25, 0.3) is 0 Å². The molecule has 0 amide bonds. The minimum absolute atomic E-state index is 0.387. The molecule has 1 aromatic carbocycles. The third-order valence-electron chi connectivity index (χ3n) is 4.58. The molecule has 0 aliphatic carbocycles. The van der Waals surface area contributed by atoms with Crippen molar-refractivity contribution in [2.75, 3.05) is 19.1 Å². The van der Waals surface area contributed by atoms with E-state index in [2.05, 4.69) is 6.92 Å². The van der Waals surface area contributed by atoms with Crippen molar-refractivity contribution in [1.82, 2.24) is 0 Å². The molecule has 0 unspecified atom stereocenters. The SMILES string of the molecule is CCCCCCCOC(=O)c1cccc(C(=O)OCCCCCCCCCl)c1. The molecule has 28 heavy (non-hydrogen) atoms. The lowest BCUT2D eigenvalue weighted by atomic mass is 10.1. The van der Waals surface area contributed by atoms with Crippen LogP contribution in [0.25, 0.3) is 0 Å². The summed E-state index contributed by atoms with van der Waals surface area (Å²) in [5.41, 5.74) is 0.779.